The Kier molecular flexibility index (Phi) is 7.08. The van der Waals surface area contributed by atoms with Gasteiger partial charge in [-0.1, -0.05) is 19.9 Å². The number of hydrogen-bond acceptors (Lipinski definition) is 4. The molecule has 0 radical (unpaired) electrons. The first-order chi connectivity index (χ1) is 10.7. The number of anilines is 1. The van der Waals surface area contributed by atoms with Gasteiger partial charge in [0.05, 0.1) is 18.8 Å². The number of amides is 1. The molecule has 2 rings (SSSR count). The number of halogens is 1. The number of nitrogens with two attached hydrogens (primary N) is 1. The van der Waals surface area contributed by atoms with Gasteiger partial charge >= 0.3 is 0 Å². The van der Waals surface area contributed by atoms with E-state index in [0.29, 0.717) is 5.75 Å². The van der Waals surface area contributed by atoms with Crippen LogP contribution in [0.2, 0.25) is 0 Å². The number of carbonyl (C=O) groups excluding carboxylic acids is 1. The van der Waals surface area contributed by atoms with Crippen LogP contribution in [-0.4, -0.2) is 43.1 Å². The molecule has 3 N–H and O–H groups in total. The topological polar surface area (TPSA) is 67.6 Å². The molecule has 136 valence electrons. The highest BCUT2D eigenvalue weighted by atomic mass is 35.5. The molecule has 2 atom stereocenters. The van der Waals surface area contributed by atoms with Crippen molar-refractivity contribution >= 4 is 24.0 Å². The quantitative estimate of drug-likeness (QED) is 0.871. The van der Waals surface area contributed by atoms with Gasteiger partial charge in [0.1, 0.15) is 5.75 Å². The van der Waals surface area contributed by atoms with E-state index < -0.39 is 0 Å². The molecule has 1 aliphatic heterocycles. The van der Waals surface area contributed by atoms with E-state index in [1.165, 1.54) is 0 Å². The van der Waals surface area contributed by atoms with Crippen LogP contribution in [0.1, 0.15) is 32.8 Å². The number of carbonyl (C=O) groups is 1. The van der Waals surface area contributed by atoms with Gasteiger partial charge in [0, 0.05) is 19.1 Å². The molecule has 24 heavy (non-hydrogen) atoms. The van der Waals surface area contributed by atoms with Gasteiger partial charge in [0.15, 0.2) is 0 Å². The first kappa shape index (κ1) is 20.7. The second kappa shape index (κ2) is 8.19. The fourth-order valence-corrected chi connectivity index (χ4v) is 3.07. The summed E-state index contributed by atoms with van der Waals surface area (Å²) in [5.74, 6) is 0.664. The zero-order valence-electron chi connectivity index (χ0n) is 15.3. The van der Waals surface area contributed by atoms with Crippen molar-refractivity contribution in [3.8, 4) is 5.75 Å². The lowest BCUT2D eigenvalue weighted by Gasteiger charge is -2.44. The summed E-state index contributed by atoms with van der Waals surface area (Å²) in [5.41, 5.74) is 8.01. The van der Waals surface area contributed by atoms with Crippen LogP contribution >= 0.6 is 12.4 Å². The van der Waals surface area contributed by atoms with E-state index in [2.05, 4.69) is 24.1 Å². The molecule has 1 aromatic rings. The van der Waals surface area contributed by atoms with Crippen molar-refractivity contribution in [1.82, 2.24) is 4.90 Å². The maximum absolute atomic E-state index is 12.6. The summed E-state index contributed by atoms with van der Waals surface area (Å²) in [6, 6.07) is 5.75. The summed E-state index contributed by atoms with van der Waals surface area (Å²) in [5, 5.41) is 3.00. The highest BCUT2D eigenvalue weighted by Gasteiger charge is 2.36. The Hall–Kier alpha value is -1.30. The van der Waals surface area contributed by atoms with Crippen LogP contribution in [0, 0.1) is 12.3 Å². The van der Waals surface area contributed by atoms with Gasteiger partial charge in [-0.25, -0.2) is 0 Å². The van der Waals surface area contributed by atoms with Crippen LogP contribution in [0.5, 0.6) is 5.75 Å². The van der Waals surface area contributed by atoms with Gasteiger partial charge in [-0.3, -0.25) is 9.69 Å². The second-order valence-corrected chi connectivity index (χ2v) is 7.22. The number of likely N-dealkylation sites (tertiary alicyclic amines) is 1. The van der Waals surface area contributed by atoms with Gasteiger partial charge in [0.25, 0.3) is 0 Å². The molecular formula is C18H30ClN3O2. The minimum atomic E-state index is -0.202. The Morgan fingerprint density at radius 1 is 1.46 bits per heavy atom. The van der Waals surface area contributed by atoms with Crippen molar-refractivity contribution < 1.29 is 9.53 Å². The molecule has 1 aliphatic rings. The number of methoxy groups -OCH3 is 1. The molecule has 1 amide bonds. The molecule has 0 saturated carbocycles. The van der Waals surface area contributed by atoms with Crippen LogP contribution in [-0.2, 0) is 4.79 Å². The number of hydrogen-bond donors (Lipinski definition) is 2. The number of ether oxygens (including phenoxy) is 1. The van der Waals surface area contributed by atoms with E-state index >= 15 is 0 Å². The summed E-state index contributed by atoms with van der Waals surface area (Å²) >= 11 is 0. The predicted octanol–water partition coefficient (Wildman–Crippen LogP) is 2.81. The number of benzene rings is 1. The summed E-state index contributed by atoms with van der Waals surface area (Å²) < 4.78 is 5.33. The third-order valence-electron chi connectivity index (χ3n) is 4.88. The largest absolute Gasteiger partial charge is 0.495 e. The maximum Gasteiger partial charge on any atom is 0.241 e. The highest BCUT2D eigenvalue weighted by molar-refractivity contribution is 5.96. The molecule has 5 nitrogen and oxygen atoms in total. The molecular weight excluding hydrogens is 326 g/mol. The lowest BCUT2D eigenvalue weighted by atomic mass is 9.79. The SMILES string of the molecule is COc1ccc(C)cc1NC(=O)C(C)N1CCC(N)C(C)(C)C1.Cl. The summed E-state index contributed by atoms with van der Waals surface area (Å²) in [4.78, 5) is 14.9. The van der Waals surface area contributed by atoms with Crippen molar-refractivity contribution in [2.24, 2.45) is 11.1 Å². The number of rotatable bonds is 4. The molecule has 6 heteroatoms. The van der Waals surface area contributed by atoms with Crippen LogP contribution < -0.4 is 15.8 Å². The van der Waals surface area contributed by atoms with Crippen molar-refractivity contribution in [3.05, 3.63) is 23.8 Å². The summed E-state index contributed by atoms with van der Waals surface area (Å²) in [6.07, 6.45) is 0.915. The maximum atomic E-state index is 12.6. The fraction of sp³-hybridized carbons (Fsp3) is 0.611. The highest BCUT2D eigenvalue weighted by Crippen LogP contribution is 2.30. The smallest absolute Gasteiger partial charge is 0.241 e. The molecule has 1 aromatic carbocycles. The van der Waals surface area contributed by atoms with Crippen molar-refractivity contribution in [2.45, 2.75) is 46.2 Å². The first-order valence-electron chi connectivity index (χ1n) is 8.20. The molecule has 0 spiro atoms. The standard InChI is InChI=1S/C18H29N3O2.ClH/c1-12-6-7-15(23-5)14(10-12)20-17(22)13(2)21-9-8-16(19)18(3,4)11-21;/h6-7,10,13,16H,8-9,11,19H2,1-5H3,(H,20,22);1H. The van der Waals surface area contributed by atoms with Gasteiger partial charge < -0.3 is 15.8 Å². The van der Waals surface area contributed by atoms with Crippen molar-refractivity contribution in [2.75, 3.05) is 25.5 Å². The molecule has 2 unspecified atom stereocenters. The lowest BCUT2D eigenvalue weighted by Crippen LogP contribution is -2.56. The number of nitrogens with one attached hydrogen (secondary N) is 1. The van der Waals surface area contributed by atoms with E-state index in [0.717, 1.165) is 30.8 Å². The third-order valence-corrected chi connectivity index (χ3v) is 4.88. The molecule has 0 bridgehead atoms. The van der Waals surface area contributed by atoms with Crippen molar-refractivity contribution in [1.29, 1.82) is 0 Å². The van der Waals surface area contributed by atoms with E-state index in [-0.39, 0.29) is 35.8 Å². The van der Waals surface area contributed by atoms with Crippen molar-refractivity contribution in [3.63, 3.8) is 0 Å². The van der Waals surface area contributed by atoms with Crippen LogP contribution in [0.25, 0.3) is 0 Å². The van der Waals surface area contributed by atoms with Crippen LogP contribution in [0.3, 0.4) is 0 Å². The Morgan fingerprint density at radius 2 is 2.12 bits per heavy atom. The molecule has 1 fully saturated rings. The third kappa shape index (κ3) is 4.62. The summed E-state index contributed by atoms with van der Waals surface area (Å²) in [7, 11) is 1.61. The molecule has 0 aliphatic carbocycles. The van der Waals surface area contributed by atoms with Crippen LogP contribution in [0.4, 0.5) is 5.69 Å². The second-order valence-electron chi connectivity index (χ2n) is 7.22. The Bertz CT molecular complexity index is 577. The van der Waals surface area contributed by atoms with Crippen LogP contribution in [0.15, 0.2) is 18.2 Å². The monoisotopic (exact) mass is 355 g/mol. The fourth-order valence-electron chi connectivity index (χ4n) is 3.07. The van der Waals surface area contributed by atoms with Gasteiger partial charge in [0.2, 0.25) is 5.91 Å². The Labute approximate surface area is 151 Å². The average molecular weight is 356 g/mol. The Balaban J connectivity index is 0.00000288. The molecule has 1 saturated heterocycles. The van der Waals surface area contributed by atoms with E-state index in [1.807, 2.05) is 32.0 Å². The minimum absolute atomic E-state index is 0. The average Bonchev–Trinajstić information content (AvgIpc) is 2.49. The van der Waals surface area contributed by atoms with Gasteiger partial charge in [-0.05, 0) is 43.4 Å². The molecule has 0 aromatic heterocycles. The van der Waals surface area contributed by atoms with E-state index in [4.69, 9.17) is 10.5 Å². The Morgan fingerprint density at radius 3 is 2.71 bits per heavy atom. The van der Waals surface area contributed by atoms with Gasteiger partial charge in [-0.2, -0.15) is 0 Å². The molecule has 1 heterocycles. The lowest BCUT2D eigenvalue weighted by molar-refractivity contribution is -0.122. The first-order valence-corrected chi connectivity index (χ1v) is 8.20. The van der Waals surface area contributed by atoms with E-state index in [1.54, 1.807) is 7.11 Å². The zero-order chi connectivity index (χ0) is 17.2. The zero-order valence-corrected chi connectivity index (χ0v) is 16.1. The minimum Gasteiger partial charge on any atom is -0.495 e. The summed E-state index contributed by atoms with van der Waals surface area (Å²) in [6.45, 7) is 9.95. The number of piperidine rings is 1. The normalized spacial score (nSPS) is 21.5. The number of nitrogens with zero attached hydrogens (tertiary/aromatic N) is 1. The number of aryl methyl sites for hydroxylation is 1. The predicted molar refractivity (Wildman–Crippen MR) is 101 cm³/mol. The van der Waals surface area contributed by atoms with E-state index in [9.17, 15) is 4.79 Å². The van der Waals surface area contributed by atoms with Gasteiger partial charge in [-0.15, -0.1) is 12.4 Å².